The van der Waals surface area contributed by atoms with Crippen LogP contribution >= 0.6 is 0 Å². The molecule has 4 rings (SSSR count). The summed E-state index contributed by atoms with van der Waals surface area (Å²) in [5.74, 6) is -0.318. The molecule has 3 aromatic rings. The van der Waals surface area contributed by atoms with Gasteiger partial charge in [-0.05, 0) is 42.3 Å². The van der Waals surface area contributed by atoms with Crippen molar-refractivity contribution < 1.29 is 9.18 Å². The molecule has 134 valence electrons. The lowest BCUT2D eigenvalue weighted by atomic mass is 10.2. The third-order valence-corrected chi connectivity index (χ3v) is 4.82. The van der Waals surface area contributed by atoms with Crippen LogP contribution in [0.5, 0.6) is 0 Å². The molecular formula is C20H21FN4O. The summed E-state index contributed by atoms with van der Waals surface area (Å²) in [6.45, 7) is 4.04. The molecule has 1 saturated heterocycles. The van der Waals surface area contributed by atoms with Crippen LogP contribution in [0.15, 0.2) is 48.8 Å². The first-order valence-electron chi connectivity index (χ1n) is 8.88. The van der Waals surface area contributed by atoms with Crippen molar-refractivity contribution in [2.45, 2.75) is 13.0 Å². The molecule has 1 fully saturated rings. The number of halogens is 1. The van der Waals surface area contributed by atoms with Gasteiger partial charge in [-0.3, -0.25) is 14.7 Å². The van der Waals surface area contributed by atoms with Crippen LogP contribution in [0.4, 0.5) is 4.39 Å². The number of carbonyl (C=O) groups is 1. The van der Waals surface area contributed by atoms with Crippen LogP contribution in [0.1, 0.15) is 22.5 Å². The molecule has 6 heteroatoms. The summed E-state index contributed by atoms with van der Waals surface area (Å²) >= 11 is 0. The number of fused-ring (bicyclic) bond motifs is 1. The fourth-order valence-corrected chi connectivity index (χ4v) is 3.47. The minimum absolute atomic E-state index is 0.0233. The van der Waals surface area contributed by atoms with Crippen molar-refractivity contribution >= 4 is 16.8 Å². The van der Waals surface area contributed by atoms with Crippen LogP contribution in [-0.2, 0) is 6.54 Å². The highest BCUT2D eigenvalue weighted by atomic mass is 19.1. The van der Waals surface area contributed by atoms with Gasteiger partial charge < -0.3 is 9.88 Å². The number of carbonyl (C=O) groups excluding carboxylic acids is 1. The van der Waals surface area contributed by atoms with Crippen LogP contribution < -0.4 is 0 Å². The van der Waals surface area contributed by atoms with Crippen molar-refractivity contribution in [2.24, 2.45) is 0 Å². The van der Waals surface area contributed by atoms with Gasteiger partial charge in [0.1, 0.15) is 11.5 Å². The first kappa shape index (κ1) is 16.7. The average Bonchev–Trinajstić information content (AvgIpc) is 2.93. The molecule has 0 radical (unpaired) electrons. The Labute approximate surface area is 151 Å². The zero-order chi connectivity index (χ0) is 17.9. The highest BCUT2D eigenvalue weighted by molar-refractivity contribution is 5.98. The number of H-pyrrole nitrogens is 1. The Balaban J connectivity index is 1.43. The summed E-state index contributed by atoms with van der Waals surface area (Å²) in [4.78, 5) is 24.3. The zero-order valence-electron chi connectivity index (χ0n) is 14.5. The van der Waals surface area contributed by atoms with Crippen molar-refractivity contribution in [1.82, 2.24) is 19.8 Å². The van der Waals surface area contributed by atoms with Crippen LogP contribution in [-0.4, -0.2) is 51.9 Å². The molecule has 1 amide bonds. The molecule has 1 aliphatic rings. The summed E-state index contributed by atoms with van der Waals surface area (Å²) in [5.41, 5.74) is 2.49. The fourth-order valence-electron chi connectivity index (χ4n) is 3.47. The Morgan fingerprint density at radius 3 is 2.92 bits per heavy atom. The lowest BCUT2D eigenvalue weighted by molar-refractivity contribution is 0.0756. The Hall–Kier alpha value is -2.73. The van der Waals surface area contributed by atoms with E-state index in [0.29, 0.717) is 12.2 Å². The van der Waals surface area contributed by atoms with E-state index in [1.54, 1.807) is 18.3 Å². The number of aromatic amines is 1. The van der Waals surface area contributed by atoms with Gasteiger partial charge in [-0.1, -0.05) is 6.07 Å². The summed E-state index contributed by atoms with van der Waals surface area (Å²) in [5, 5.41) is 0.723. The molecule has 1 N–H and O–H groups in total. The smallest absolute Gasteiger partial charge is 0.270 e. The largest absolute Gasteiger partial charge is 0.351 e. The Kier molecular flexibility index (Phi) is 4.67. The predicted molar refractivity (Wildman–Crippen MR) is 98.3 cm³/mol. The van der Waals surface area contributed by atoms with Gasteiger partial charge >= 0.3 is 0 Å². The summed E-state index contributed by atoms with van der Waals surface area (Å²) in [6, 6.07) is 10.3. The normalized spacial score (nSPS) is 16.0. The molecular weight excluding hydrogens is 331 g/mol. The molecule has 26 heavy (non-hydrogen) atoms. The van der Waals surface area contributed by atoms with E-state index in [9.17, 15) is 9.18 Å². The van der Waals surface area contributed by atoms with Crippen LogP contribution in [0, 0.1) is 5.82 Å². The Bertz CT molecular complexity index is 909. The van der Waals surface area contributed by atoms with Crippen molar-refractivity contribution in [3.63, 3.8) is 0 Å². The first-order chi connectivity index (χ1) is 12.7. The topological polar surface area (TPSA) is 52.2 Å². The van der Waals surface area contributed by atoms with E-state index in [1.165, 1.54) is 17.7 Å². The maximum absolute atomic E-state index is 13.4. The maximum atomic E-state index is 13.4. The summed E-state index contributed by atoms with van der Waals surface area (Å²) in [6.07, 6.45) is 4.59. The van der Waals surface area contributed by atoms with Crippen molar-refractivity contribution in [3.8, 4) is 0 Å². The number of hydrogen-bond donors (Lipinski definition) is 1. The molecule has 0 atom stereocenters. The summed E-state index contributed by atoms with van der Waals surface area (Å²) in [7, 11) is 0. The maximum Gasteiger partial charge on any atom is 0.270 e. The number of aromatic nitrogens is 2. The molecule has 0 bridgehead atoms. The van der Waals surface area contributed by atoms with Gasteiger partial charge in [-0.2, -0.15) is 0 Å². The number of pyridine rings is 1. The van der Waals surface area contributed by atoms with Gasteiger partial charge in [0.2, 0.25) is 0 Å². The minimum Gasteiger partial charge on any atom is -0.351 e. The summed E-state index contributed by atoms with van der Waals surface area (Å²) < 4.78 is 13.4. The first-order valence-corrected chi connectivity index (χ1v) is 8.88. The average molecular weight is 352 g/mol. The molecule has 3 heterocycles. The van der Waals surface area contributed by atoms with Gasteiger partial charge in [0.15, 0.2) is 0 Å². The number of amides is 1. The number of nitrogens with one attached hydrogen (secondary N) is 1. The van der Waals surface area contributed by atoms with Crippen LogP contribution in [0.2, 0.25) is 0 Å². The van der Waals surface area contributed by atoms with Gasteiger partial charge in [-0.15, -0.1) is 0 Å². The third kappa shape index (κ3) is 3.60. The van der Waals surface area contributed by atoms with E-state index in [4.69, 9.17) is 0 Å². The van der Waals surface area contributed by atoms with Crippen LogP contribution in [0.3, 0.4) is 0 Å². The lowest BCUT2D eigenvalue weighted by Gasteiger charge is -2.21. The van der Waals surface area contributed by atoms with Gasteiger partial charge in [-0.25, -0.2) is 4.39 Å². The van der Waals surface area contributed by atoms with Crippen molar-refractivity contribution in [1.29, 1.82) is 0 Å². The van der Waals surface area contributed by atoms with Gasteiger partial charge in [0.05, 0.1) is 0 Å². The van der Waals surface area contributed by atoms with Crippen molar-refractivity contribution in [2.75, 3.05) is 26.2 Å². The Morgan fingerprint density at radius 1 is 1.15 bits per heavy atom. The van der Waals surface area contributed by atoms with E-state index in [1.807, 2.05) is 17.2 Å². The van der Waals surface area contributed by atoms with Gasteiger partial charge in [0.25, 0.3) is 5.91 Å². The highest BCUT2D eigenvalue weighted by Gasteiger charge is 2.21. The molecule has 0 saturated carbocycles. The van der Waals surface area contributed by atoms with Crippen molar-refractivity contribution in [3.05, 3.63) is 65.9 Å². The predicted octanol–water partition coefficient (Wildman–Crippen LogP) is 3.05. The monoisotopic (exact) mass is 352 g/mol. The van der Waals surface area contributed by atoms with E-state index in [2.05, 4.69) is 20.9 Å². The second-order valence-electron chi connectivity index (χ2n) is 6.70. The molecule has 0 aliphatic carbocycles. The second-order valence-corrected chi connectivity index (χ2v) is 6.70. The number of nitrogens with zero attached hydrogens (tertiary/aromatic N) is 3. The minimum atomic E-state index is -0.295. The zero-order valence-corrected chi connectivity index (χ0v) is 14.5. The molecule has 2 aromatic heterocycles. The van der Waals surface area contributed by atoms with E-state index < -0.39 is 0 Å². The molecule has 5 nitrogen and oxygen atoms in total. The number of rotatable bonds is 3. The molecule has 0 spiro atoms. The van der Waals surface area contributed by atoms with Crippen LogP contribution in [0.25, 0.3) is 10.9 Å². The molecule has 0 unspecified atom stereocenters. The third-order valence-electron chi connectivity index (χ3n) is 4.82. The van der Waals surface area contributed by atoms with Gasteiger partial charge in [0, 0.05) is 56.0 Å². The highest BCUT2D eigenvalue weighted by Crippen LogP contribution is 2.18. The second kappa shape index (κ2) is 7.25. The molecule has 1 aliphatic heterocycles. The molecule has 1 aromatic carbocycles. The number of hydrogen-bond acceptors (Lipinski definition) is 3. The lowest BCUT2D eigenvalue weighted by Crippen LogP contribution is -2.35. The number of benzene rings is 1. The van der Waals surface area contributed by atoms with E-state index >= 15 is 0 Å². The quantitative estimate of drug-likeness (QED) is 0.788. The van der Waals surface area contributed by atoms with E-state index in [0.717, 1.165) is 43.5 Å². The Morgan fingerprint density at radius 2 is 2.08 bits per heavy atom. The fraction of sp³-hybridized carbons (Fsp3) is 0.300. The SMILES string of the molecule is O=C(c1cc2cc(F)ccc2[nH]1)N1CCCN(Cc2cccnc2)CC1. The standard InChI is InChI=1S/C20H21FN4O/c21-17-4-5-18-16(11-17)12-19(23-18)20(26)25-8-2-7-24(9-10-25)14-15-3-1-6-22-13-15/h1,3-6,11-13,23H,2,7-10,14H2. The van der Waals surface area contributed by atoms with E-state index in [-0.39, 0.29) is 11.7 Å².